The lowest BCUT2D eigenvalue weighted by molar-refractivity contribution is -0.161. The van der Waals surface area contributed by atoms with Crippen LogP contribution in [0.3, 0.4) is 0 Å². The predicted molar refractivity (Wildman–Crippen MR) is 75.8 cm³/mol. The highest BCUT2D eigenvalue weighted by molar-refractivity contribution is 5.92. The molecule has 1 aliphatic heterocycles. The summed E-state index contributed by atoms with van der Waals surface area (Å²) in [5.41, 5.74) is -0.527. The lowest BCUT2D eigenvalue weighted by Crippen LogP contribution is -2.65. The standard InChI is InChI=1S/C14H23N3O3/c1-6-12(19)16(5)7-11(18)15-8-14(4)9-17(10(2)3)13(14)20/h6,10H,1,7-9H2,2-5H3,(H,15,18). The van der Waals surface area contributed by atoms with Gasteiger partial charge in [-0.2, -0.15) is 0 Å². The maximum Gasteiger partial charge on any atom is 0.246 e. The molecule has 1 fully saturated rings. The van der Waals surface area contributed by atoms with Crippen molar-refractivity contribution in [3.63, 3.8) is 0 Å². The van der Waals surface area contributed by atoms with Crippen molar-refractivity contribution in [2.75, 3.05) is 26.7 Å². The summed E-state index contributed by atoms with van der Waals surface area (Å²) in [5, 5.41) is 2.71. The predicted octanol–water partition coefficient (Wildman–Crippen LogP) is 0.00390. The molecule has 20 heavy (non-hydrogen) atoms. The van der Waals surface area contributed by atoms with Crippen molar-refractivity contribution in [1.29, 1.82) is 0 Å². The Balaban J connectivity index is 2.41. The van der Waals surface area contributed by atoms with E-state index in [2.05, 4.69) is 11.9 Å². The zero-order valence-electron chi connectivity index (χ0n) is 12.6. The van der Waals surface area contributed by atoms with Crippen molar-refractivity contribution in [1.82, 2.24) is 15.1 Å². The number of β-lactam (4-membered cyclic amide) rings is 1. The molecule has 1 saturated heterocycles. The van der Waals surface area contributed by atoms with E-state index < -0.39 is 5.41 Å². The molecule has 1 unspecified atom stereocenters. The zero-order chi connectivity index (χ0) is 15.5. The summed E-state index contributed by atoms with van der Waals surface area (Å²) < 4.78 is 0. The highest BCUT2D eigenvalue weighted by Gasteiger charge is 2.49. The average Bonchev–Trinajstić information content (AvgIpc) is 2.40. The number of hydrogen-bond donors (Lipinski definition) is 1. The summed E-state index contributed by atoms with van der Waals surface area (Å²) >= 11 is 0. The largest absolute Gasteiger partial charge is 0.353 e. The second-order valence-corrected chi connectivity index (χ2v) is 5.76. The minimum atomic E-state index is -0.527. The summed E-state index contributed by atoms with van der Waals surface area (Å²) in [6.45, 7) is 10.0. The van der Waals surface area contributed by atoms with Gasteiger partial charge in [0, 0.05) is 26.2 Å². The number of carbonyl (C=O) groups is 3. The first-order valence-corrected chi connectivity index (χ1v) is 6.66. The molecule has 0 aromatic carbocycles. The topological polar surface area (TPSA) is 69.7 Å². The van der Waals surface area contributed by atoms with Gasteiger partial charge < -0.3 is 15.1 Å². The Hall–Kier alpha value is -1.85. The summed E-state index contributed by atoms with van der Waals surface area (Å²) in [5.74, 6) is -0.528. The fourth-order valence-electron chi connectivity index (χ4n) is 2.12. The number of rotatable bonds is 6. The molecule has 1 atom stereocenters. The quantitative estimate of drug-likeness (QED) is 0.550. The molecule has 0 saturated carbocycles. The van der Waals surface area contributed by atoms with Gasteiger partial charge in [-0.1, -0.05) is 6.58 Å². The summed E-state index contributed by atoms with van der Waals surface area (Å²) in [6.07, 6.45) is 1.16. The van der Waals surface area contributed by atoms with Gasteiger partial charge >= 0.3 is 0 Å². The number of carbonyl (C=O) groups excluding carboxylic acids is 3. The first kappa shape index (κ1) is 16.2. The van der Waals surface area contributed by atoms with E-state index >= 15 is 0 Å². The molecule has 0 aromatic rings. The van der Waals surface area contributed by atoms with Gasteiger partial charge in [0.05, 0.1) is 12.0 Å². The van der Waals surface area contributed by atoms with Crippen LogP contribution in [0.1, 0.15) is 20.8 Å². The smallest absolute Gasteiger partial charge is 0.246 e. The number of amides is 3. The van der Waals surface area contributed by atoms with E-state index in [-0.39, 0.29) is 30.3 Å². The van der Waals surface area contributed by atoms with Crippen LogP contribution >= 0.6 is 0 Å². The van der Waals surface area contributed by atoms with Crippen LogP contribution in [0.15, 0.2) is 12.7 Å². The number of nitrogens with zero attached hydrogens (tertiary/aromatic N) is 2. The Morgan fingerprint density at radius 2 is 2.15 bits per heavy atom. The van der Waals surface area contributed by atoms with Crippen LogP contribution in [-0.2, 0) is 14.4 Å². The Kier molecular flexibility index (Phi) is 4.92. The molecule has 1 heterocycles. The Morgan fingerprint density at radius 3 is 2.60 bits per heavy atom. The van der Waals surface area contributed by atoms with E-state index in [0.717, 1.165) is 6.08 Å². The van der Waals surface area contributed by atoms with Crippen LogP contribution in [0.5, 0.6) is 0 Å². The number of likely N-dealkylation sites (tertiary alicyclic amines) is 1. The average molecular weight is 281 g/mol. The fourth-order valence-corrected chi connectivity index (χ4v) is 2.12. The molecule has 6 heteroatoms. The van der Waals surface area contributed by atoms with E-state index in [9.17, 15) is 14.4 Å². The van der Waals surface area contributed by atoms with Gasteiger partial charge in [-0.25, -0.2) is 0 Å². The van der Waals surface area contributed by atoms with Crippen molar-refractivity contribution in [3.05, 3.63) is 12.7 Å². The maximum absolute atomic E-state index is 12.0. The van der Waals surface area contributed by atoms with E-state index in [1.165, 1.54) is 11.9 Å². The van der Waals surface area contributed by atoms with E-state index in [4.69, 9.17) is 0 Å². The van der Waals surface area contributed by atoms with Crippen LogP contribution in [0.25, 0.3) is 0 Å². The summed E-state index contributed by atoms with van der Waals surface area (Å²) in [7, 11) is 1.53. The Labute approximate surface area is 119 Å². The van der Waals surface area contributed by atoms with Gasteiger partial charge in [-0.05, 0) is 26.8 Å². The van der Waals surface area contributed by atoms with Gasteiger partial charge in [0.2, 0.25) is 17.7 Å². The summed E-state index contributed by atoms with van der Waals surface area (Å²) in [6, 6.07) is 0.183. The molecule has 0 bridgehead atoms. The molecule has 1 N–H and O–H groups in total. The minimum absolute atomic E-state index is 0.0387. The third kappa shape index (κ3) is 3.37. The van der Waals surface area contributed by atoms with E-state index in [1.807, 2.05) is 20.8 Å². The van der Waals surface area contributed by atoms with Crippen LogP contribution in [0.4, 0.5) is 0 Å². The number of likely N-dealkylation sites (N-methyl/N-ethyl adjacent to an activating group) is 1. The molecule has 1 rings (SSSR count). The molecule has 0 aromatic heterocycles. The molecular weight excluding hydrogens is 258 g/mol. The normalized spacial score (nSPS) is 21.4. The SMILES string of the molecule is C=CC(=O)N(C)CC(=O)NCC1(C)CN(C(C)C)C1=O. The first-order chi connectivity index (χ1) is 9.21. The van der Waals surface area contributed by atoms with Crippen LogP contribution in [-0.4, -0.2) is 60.2 Å². The third-order valence-corrected chi connectivity index (χ3v) is 3.53. The molecule has 1 aliphatic rings. The van der Waals surface area contributed by atoms with E-state index in [1.54, 1.807) is 4.90 Å². The van der Waals surface area contributed by atoms with E-state index in [0.29, 0.717) is 13.1 Å². The van der Waals surface area contributed by atoms with Gasteiger partial charge in [-0.3, -0.25) is 14.4 Å². The number of hydrogen-bond acceptors (Lipinski definition) is 3. The second-order valence-electron chi connectivity index (χ2n) is 5.76. The van der Waals surface area contributed by atoms with Crippen molar-refractivity contribution >= 4 is 17.7 Å². The fraction of sp³-hybridized carbons (Fsp3) is 0.643. The molecule has 3 amide bonds. The molecule has 6 nitrogen and oxygen atoms in total. The van der Waals surface area contributed by atoms with Crippen molar-refractivity contribution < 1.29 is 14.4 Å². The molecule has 112 valence electrons. The van der Waals surface area contributed by atoms with Gasteiger partial charge in [0.25, 0.3) is 0 Å². The van der Waals surface area contributed by atoms with Crippen molar-refractivity contribution in [3.8, 4) is 0 Å². The first-order valence-electron chi connectivity index (χ1n) is 6.66. The van der Waals surface area contributed by atoms with Crippen LogP contribution in [0, 0.1) is 5.41 Å². The minimum Gasteiger partial charge on any atom is -0.353 e. The second kappa shape index (κ2) is 6.07. The molecule has 0 aliphatic carbocycles. The molecule has 0 radical (unpaired) electrons. The molecule has 0 spiro atoms. The third-order valence-electron chi connectivity index (χ3n) is 3.53. The lowest BCUT2D eigenvalue weighted by atomic mass is 9.79. The zero-order valence-corrected chi connectivity index (χ0v) is 12.6. The highest BCUT2D eigenvalue weighted by atomic mass is 16.2. The van der Waals surface area contributed by atoms with Crippen LogP contribution < -0.4 is 5.32 Å². The summed E-state index contributed by atoms with van der Waals surface area (Å²) in [4.78, 5) is 38.0. The Bertz CT molecular complexity index is 433. The van der Waals surface area contributed by atoms with Crippen LogP contribution in [0.2, 0.25) is 0 Å². The van der Waals surface area contributed by atoms with Crippen molar-refractivity contribution in [2.45, 2.75) is 26.8 Å². The monoisotopic (exact) mass is 281 g/mol. The van der Waals surface area contributed by atoms with Gasteiger partial charge in [0.1, 0.15) is 0 Å². The van der Waals surface area contributed by atoms with Gasteiger partial charge in [-0.15, -0.1) is 0 Å². The Morgan fingerprint density at radius 1 is 1.55 bits per heavy atom. The van der Waals surface area contributed by atoms with Gasteiger partial charge in [0.15, 0.2) is 0 Å². The van der Waals surface area contributed by atoms with Crippen molar-refractivity contribution in [2.24, 2.45) is 5.41 Å². The number of nitrogens with one attached hydrogen (secondary N) is 1. The molecular formula is C14H23N3O3. The maximum atomic E-state index is 12.0. The highest BCUT2D eigenvalue weighted by Crippen LogP contribution is 2.32. The lowest BCUT2D eigenvalue weighted by Gasteiger charge is -2.49.